The van der Waals surface area contributed by atoms with Crippen molar-refractivity contribution < 1.29 is 17.9 Å². The van der Waals surface area contributed by atoms with Crippen molar-refractivity contribution in [1.82, 2.24) is 15.0 Å². The quantitative estimate of drug-likeness (QED) is 0.783. The highest BCUT2D eigenvalue weighted by Crippen LogP contribution is 2.23. The highest BCUT2D eigenvalue weighted by molar-refractivity contribution is 5.31. The number of nitrogens with zero attached hydrogens (tertiary/aromatic N) is 4. The maximum Gasteiger partial charge on any atom is 0.389 e. The van der Waals surface area contributed by atoms with Gasteiger partial charge in [-0.15, -0.1) is 0 Å². The van der Waals surface area contributed by atoms with Gasteiger partial charge in [-0.1, -0.05) is 6.07 Å². The van der Waals surface area contributed by atoms with E-state index in [4.69, 9.17) is 4.74 Å². The first kappa shape index (κ1) is 18.6. The Balaban J connectivity index is 1.57. The molecular formula is C18H21F3N4O. The molecule has 8 heteroatoms. The molecule has 1 aliphatic rings. The molecule has 0 unspecified atom stereocenters. The molecule has 1 saturated heterocycles. The number of aryl methyl sites for hydroxylation is 1. The van der Waals surface area contributed by atoms with Crippen LogP contribution in [0.1, 0.15) is 30.5 Å². The Morgan fingerprint density at radius 2 is 2.12 bits per heavy atom. The van der Waals surface area contributed by atoms with Gasteiger partial charge in [0.15, 0.2) is 0 Å². The second kappa shape index (κ2) is 8.44. The maximum atomic E-state index is 12.4. The average Bonchev–Trinajstić information content (AvgIpc) is 2.66. The lowest BCUT2D eigenvalue weighted by Crippen LogP contribution is -2.40. The van der Waals surface area contributed by atoms with E-state index in [0.717, 1.165) is 24.9 Å². The second-order valence-electron chi connectivity index (χ2n) is 6.35. The van der Waals surface area contributed by atoms with Gasteiger partial charge < -0.3 is 9.64 Å². The van der Waals surface area contributed by atoms with E-state index in [0.29, 0.717) is 24.8 Å². The fourth-order valence-corrected chi connectivity index (χ4v) is 2.90. The molecule has 5 nitrogen and oxygen atoms in total. The van der Waals surface area contributed by atoms with Crippen molar-refractivity contribution >= 4 is 5.95 Å². The van der Waals surface area contributed by atoms with Gasteiger partial charge in [-0.3, -0.25) is 4.98 Å². The van der Waals surface area contributed by atoms with Gasteiger partial charge in [0.25, 0.3) is 0 Å². The van der Waals surface area contributed by atoms with Crippen LogP contribution >= 0.6 is 0 Å². The highest BCUT2D eigenvalue weighted by atomic mass is 19.4. The summed E-state index contributed by atoms with van der Waals surface area (Å²) in [6.45, 7) is 1.89. The van der Waals surface area contributed by atoms with Gasteiger partial charge in [0.1, 0.15) is 0 Å². The van der Waals surface area contributed by atoms with Gasteiger partial charge in [-0.2, -0.15) is 13.2 Å². The second-order valence-corrected chi connectivity index (χ2v) is 6.35. The van der Waals surface area contributed by atoms with Crippen molar-refractivity contribution in [2.75, 3.05) is 18.0 Å². The van der Waals surface area contributed by atoms with Crippen molar-refractivity contribution in [3.8, 4) is 0 Å². The molecule has 0 N–H and O–H groups in total. The van der Waals surface area contributed by atoms with Crippen molar-refractivity contribution in [2.24, 2.45) is 0 Å². The van der Waals surface area contributed by atoms with Crippen LogP contribution < -0.4 is 4.90 Å². The maximum absolute atomic E-state index is 12.4. The van der Waals surface area contributed by atoms with E-state index in [1.165, 1.54) is 12.3 Å². The summed E-state index contributed by atoms with van der Waals surface area (Å²) < 4.78 is 43.2. The predicted molar refractivity (Wildman–Crippen MR) is 90.7 cm³/mol. The number of rotatable bonds is 6. The molecule has 1 aliphatic heterocycles. The average molecular weight is 366 g/mol. The summed E-state index contributed by atoms with van der Waals surface area (Å²) >= 11 is 0. The minimum atomic E-state index is -4.18. The van der Waals surface area contributed by atoms with Crippen LogP contribution in [0.2, 0.25) is 0 Å². The monoisotopic (exact) mass is 366 g/mol. The van der Waals surface area contributed by atoms with E-state index in [9.17, 15) is 13.2 Å². The third kappa shape index (κ3) is 5.66. The zero-order chi connectivity index (χ0) is 18.4. The summed E-state index contributed by atoms with van der Waals surface area (Å²) in [6, 6.07) is 5.36. The van der Waals surface area contributed by atoms with E-state index in [2.05, 4.69) is 15.0 Å². The molecule has 1 fully saturated rings. The smallest absolute Gasteiger partial charge is 0.372 e. The summed E-state index contributed by atoms with van der Waals surface area (Å²) in [5, 5.41) is 0. The Bertz CT molecular complexity index is 696. The lowest BCUT2D eigenvalue weighted by Gasteiger charge is -2.32. The van der Waals surface area contributed by atoms with Gasteiger partial charge in [0.2, 0.25) is 5.95 Å². The number of pyridine rings is 1. The minimum absolute atomic E-state index is 0.0337. The summed E-state index contributed by atoms with van der Waals surface area (Å²) in [5.74, 6) is 0.472. The van der Waals surface area contributed by atoms with Gasteiger partial charge >= 0.3 is 6.18 Å². The van der Waals surface area contributed by atoms with Crippen LogP contribution in [0.5, 0.6) is 0 Å². The van der Waals surface area contributed by atoms with E-state index in [-0.39, 0.29) is 12.5 Å². The van der Waals surface area contributed by atoms with E-state index in [1.54, 1.807) is 12.4 Å². The van der Waals surface area contributed by atoms with E-state index >= 15 is 0 Å². The molecule has 1 atom stereocenters. The standard InChI is InChI=1S/C18H21F3N4O/c19-18(20,21)7-5-15-6-9-23-17(24-15)25-10-2-4-16(12-25)26-13-14-3-1-8-22-11-14/h1,3,6,8-9,11,16H,2,4-5,7,10,12-13H2/t16-/m1/s1. The molecule has 26 heavy (non-hydrogen) atoms. The van der Waals surface area contributed by atoms with Gasteiger partial charge in [-0.25, -0.2) is 9.97 Å². The van der Waals surface area contributed by atoms with Crippen molar-refractivity contribution in [1.29, 1.82) is 0 Å². The van der Waals surface area contributed by atoms with Gasteiger partial charge in [-0.05, 0) is 37.0 Å². The first-order valence-corrected chi connectivity index (χ1v) is 8.64. The Labute approximate surface area is 150 Å². The third-order valence-electron chi connectivity index (χ3n) is 4.23. The number of piperidine rings is 1. The van der Waals surface area contributed by atoms with Gasteiger partial charge in [0.05, 0.1) is 12.7 Å². The first-order chi connectivity index (χ1) is 12.5. The van der Waals surface area contributed by atoms with Crippen LogP contribution in [0.4, 0.5) is 19.1 Å². The lowest BCUT2D eigenvalue weighted by atomic mass is 10.1. The lowest BCUT2D eigenvalue weighted by molar-refractivity contribution is -0.134. The Kier molecular flexibility index (Phi) is 6.03. The van der Waals surface area contributed by atoms with Crippen molar-refractivity contribution in [3.63, 3.8) is 0 Å². The molecule has 0 aromatic carbocycles. The molecule has 3 heterocycles. The molecular weight excluding hydrogens is 345 g/mol. The molecule has 2 aromatic heterocycles. The number of halogens is 3. The number of aromatic nitrogens is 3. The molecule has 0 aliphatic carbocycles. The van der Waals surface area contributed by atoms with Crippen molar-refractivity contribution in [3.05, 3.63) is 48.0 Å². The minimum Gasteiger partial charge on any atom is -0.372 e. The highest BCUT2D eigenvalue weighted by Gasteiger charge is 2.27. The Morgan fingerprint density at radius 3 is 2.88 bits per heavy atom. The summed E-state index contributed by atoms with van der Waals surface area (Å²) in [6.07, 6.45) is 1.72. The number of hydrogen-bond acceptors (Lipinski definition) is 5. The Morgan fingerprint density at radius 1 is 1.23 bits per heavy atom. The third-order valence-corrected chi connectivity index (χ3v) is 4.23. The zero-order valence-corrected chi connectivity index (χ0v) is 14.3. The first-order valence-electron chi connectivity index (χ1n) is 8.64. The molecule has 0 spiro atoms. The van der Waals surface area contributed by atoms with Crippen LogP contribution in [0.3, 0.4) is 0 Å². The Hall–Kier alpha value is -2.22. The number of alkyl halides is 3. The largest absolute Gasteiger partial charge is 0.389 e. The molecule has 140 valence electrons. The predicted octanol–water partition coefficient (Wildman–Crippen LogP) is 3.55. The fraction of sp³-hybridized carbons (Fsp3) is 0.500. The molecule has 2 aromatic rings. The van der Waals surface area contributed by atoms with Crippen LogP contribution in [0.25, 0.3) is 0 Å². The molecule has 0 saturated carbocycles. The number of anilines is 1. The van der Waals surface area contributed by atoms with E-state index < -0.39 is 12.6 Å². The van der Waals surface area contributed by atoms with Crippen LogP contribution in [-0.2, 0) is 17.8 Å². The zero-order valence-electron chi connectivity index (χ0n) is 14.3. The SMILES string of the molecule is FC(F)(F)CCc1ccnc(N2CCC[C@@H](OCc3cccnc3)C2)n1. The molecule has 0 amide bonds. The summed E-state index contributed by atoms with van der Waals surface area (Å²) in [7, 11) is 0. The summed E-state index contributed by atoms with van der Waals surface area (Å²) in [4.78, 5) is 14.6. The van der Waals surface area contributed by atoms with Gasteiger partial charge in [0, 0.05) is 43.8 Å². The normalized spacial score (nSPS) is 18.1. The topological polar surface area (TPSA) is 51.1 Å². The molecule has 0 radical (unpaired) electrons. The van der Waals surface area contributed by atoms with Crippen molar-refractivity contribution in [2.45, 2.75) is 44.6 Å². The number of ether oxygens (including phenoxy) is 1. The molecule has 3 rings (SSSR count). The van der Waals surface area contributed by atoms with Crippen LogP contribution in [0, 0.1) is 0 Å². The van der Waals surface area contributed by atoms with Crippen LogP contribution in [0.15, 0.2) is 36.8 Å². The number of hydrogen-bond donors (Lipinski definition) is 0. The molecule has 0 bridgehead atoms. The van der Waals surface area contributed by atoms with Crippen LogP contribution in [-0.4, -0.2) is 40.3 Å². The summed E-state index contributed by atoms with van der Waals surface area (Å²) in [5.41, 5.74) is 1.42. The fourth-order valence-electron chi connectivity index (χ4n) is 2.90. The van der Waals surface area contributed by atoms with E-state index in [1.807, 2.05) is 17.0 Å².